The molecule has 0 aliphatic carbocycles. The van der Waals surface area contributed by atoms with Crippen molar-refractivity contribution in [2.75, 3.05) is 6.54 Å². The molecule has 0 atom stereocenters. The molecular formula is C21H19N3O3. The number of H-pyrrole nitrogens is 1. The summed E-state index contributed by atoms with van der Waals surface area (Å²) in [5, 5.41) is 3.27. The molecule has 136 valence electrons. The predicted octanol–water partition coefficient (Wildman–Crippen LogP) is 3.20. The molecule has 0 bridgehead atoms. The van der Waals surface area contributed by atoms with Gasteiger partial charge < -0.3 is 14.7 Å². The second kappa shape index (κ2) is 7.07. The van der Waals surface area contributed by atoms with E-state index in [9.17, 15) is 9.59 Å². The highest BCUT2D eigenvalue weighted by Gasteiger charge is 2.12. The van der Waals surface area contributed by atoms with Gasteiger partial charge in [-0.15, -0.1) is 0 Å². The summed E-state index contributed by atoms with van der Waals surface area (Å²) in [7, 11) is 0. The van der Waals surface area contributed by atoms with Gasteiger partial charge in [-0.05, 0) is 36.2 Å². The monoisotopic (exact) mass is 361 g/mol. The molecule has 1 amide bonds. The maximum absolute atomic E-state index is 12.4. The van der Waals surface area contributed by atoms with Crippen LogP contribution in [0.1, 0.15) is 28.9 Å². The molecule has 2 N–H and O–H groups in total. The van der Waals surface area contributed by atoms with E-state index in [1.165, 1.54) is 6.07 Å². The van der Waals surface area contributed by atoms with Gasteiger partial charge in [0.1, 0.15) is 11.4 Å². The first-order valence-electron chi connectivity index (χ1n) is 8.92. The summed E-state index contributed by atoms with van der Waals surface area (Å²) in [5.74, 6) is 0.398. The number of aromatic nitrogens is 2. The number of aryl methyl sites for hydroxylation is 1. The molecule has 0 spiro atoms. The van der Waals surface area contributed by atoms with Crippen LogP contribution in [-0.2, 0) is 12.8 Å². The van der Waals surface area contributed by atoms with Gasteiger partial charge in [-0.2, -0.15) is 0 Å². The van der Waals surface area contributed by atoms with Crippen LogP contribution in [-0.4, -0.2) is 22.4 Å². The van der Waals surface area contributed by atoms with Crippen LogP contribution < -0.4 is 10.7 Å². The van der Waals surface area contributed by atoms with Gasteiger partial charge in [-0.3, -0.25) is 9.59 Å². The number of carbonyl (C=O) groups is 1. The van der Waals surface area contributed by atoms with Crippen LogP contribution in [0.25, 0.3) is 22.0 Å². The number of fused-ring (bicyclic) bond motifs is 2. The zero-order valence-electron chi connectivity index (χ0n) is 14.9. The fourth-order valence-electron chi connectivity index (χ4n) is 3.04. The molecule has 0 radical (unpaired) electrons. The first-order valence-corrected chi connectivity index (χ1v) is 8.92. The van der Waals surface area contributed by atoms with E-state index in [-0.39, 0.29) is 11.2 Å². The highest BCUT2D eigenvalue weighted by molar-refractivity contribution is 5.93. The van der Waals surface area contributed by atoms with Crippen LogP contribution in [0.2, 0.25) is 0 Å². The Morgan fingerprint density at radius 3 is 2.85 bits per heavy atom. The van der Waals surface area contributed by atoms with Crippen molar-refractivity contribution in [3.05, 3.63) is 75.9 Å². The third kappa shape index (κ3) is 3.46. The quantitative estimate of drug-likeness (QED) is 0.571. The molecule has 6 heteroatoms. The third-order valence-electron chi connectivity index (χ3n) is 4.51. The number of nitrogens with zero attached hydrogens (tertiary/aromatic N) is 1. The number of imidazole rings is 1. The number of carbonyl (C=O) groups excluding carboxylic acids is 1. The molecule has 0 aliphatic heterocycles. The largest absolute Gasteiger partial charge is 0.451 e. The Morgan fingerprint density at radius 1 is 1.19 bits per heavy atom. The summed E-state index contributed by atoms with van der Waals surface area (Å²) >= 11 is 0. The van der Waals surface area contributed by atoms with Crippen LogP contribution in [0.5, 0.6) is 0 Å². The van der Waals surface area contributed by atoms with E-state index in [1.807, 2.05) is 43.3 Å². The van der Waals surface area contributed by atoms with Crippen molar-refractivity contribution < 1.29 is 9.21 Å². The fraction of sp³-hybridized carbons (Fsp3) is 0.190. The molecule has 2 heterocycles. The first kappa shape index (κ1) is 17.0. The Morgan fingerprint density at radius 2 is 2.04 bits per heavy atom. The number of hydrogen-bond acceptors (Lipinski definition) is 4. The van der Waals surface area contributed by atoms with Gasteiger partial charge in [0.25, 0.3) is 5.91 Å². The first-order chi connectivity index (χ1) is 13.1. The number of amides is 1. The van der Waals surface area contributed by atoms with E-state index in [4.69, 9.17) is 4.42 Å². The van der Waals surface area contributed by atoms with E-state index < -0.39 is 5.91 Å². The molecule has 0 saturated heterocycles. The minimum absolute atomic E-state index is 0.0151. The van der Waals surface area contributed by atoms with Gasteiger partial charge in [0, 0.05) is 19.0 Å². The van der Waals surface area contributed by atoms with Gasteiger partial charge in [0.2, 0.25) is 0 Å². The van der Waals surface area contributed by atoms with Crippen LogP contribution in [0, 0.1) is 0 Å². The molecule has 27 heavy (non-hydrogen) atoms. The molecule has 2 aromatic carbocycles. The van der Waals surface area contributed by atoms with E-state index in [1.54, 1.807) is 6.07 Å². The fourth-order valence-corrected chi connectivity index (χ4v) is 3.04. The van der Waals surface area contributed by atoms with Gasteiger partial charge >= 0.3 is 0 Å². The Labute approximate surface area is 155 Å². The lowest BCUT2D eigenvalue weighted by atomic mass is 10.1. The van der Waals surface area contributed by atoms with Crippen LogP contribution >= 0.6 is 0 Å². The summed E-state index contributed by atoms with van der Waals surface area (Å²) in [4.78, 5) is 32.4. The average molecular weight is 361 g/mol. The van der Waals surface area contributed by atoms with Crippen molar-refractivity contribution in [3.63, 3.8) is 0 Å². The molecule has 0 unspecified atom stereocenters. The van der Waals surface area contributed by atoms with Crippen LogP contribution in [0.4, 0.5) is 0 Å². The lowest BCUT2D eigenvalue weighted by Gasteiger charge is -2.05. The Hall–Kier alpha value is -3.41. The van der Waals surface area contributed by atoms with Gasteiger partial charge in [-0.25, -0.2) is 4.98 Å². The van der Waals surface area contributed by atoms with Gasteiger partial charge in [-0.1, -0.05) is 25.1 Å². The maximum Gasteiger partial charge on any atom is 0.287 e. The summed E-state index contributed by atoms with van der Waals surface area (Å²) < 4.78 is 5.62. The van der Waals surface area contributed by atoms with E-state index in [0.717, 1.165) is 28.8 Å². The molecule has 0 saturated carbocycles. The number of benzene rings is 2. The topological polar surface area (TPSA) is 88.0 Å². The van der Waals surface area contributed by atoms with Crippen molar-refractivity contribution >= 4 is 27.9 Å². The van der Waals surface area contributed by atoms with Crippen molar-refractivity contribution in [3.8, 4) is 0 Å². The molecule has 0 fully saturated rings. The van der Waals surface area contributed by atoms with E-state index in [2.05, 4.69) is 15.3 Å². The highest BCUT2D eigenvalue weighted by Crippen LogP contribution is 2.15. The molecular weight excluding hydrogens is 342 g/mol. The minimum atomic E-state index is -0.412. The second-order valence-corrected chi connectivity index (χ2v) is 6.37. The normalized spacial score (nSPS) is 11.1. The van der Waals surface area contributed by atoms with E-state index >= 15 is 0 Å². The summed E-state index contributed by atoms with van der Waals surface area (Å²) in [6, 6.07) is 14.5. The van der Waals surface area contributed by atoms with Gasteiger partial charge in [0.15, 0.2) is 11.2 Å². The molecule has 0 aliphatic rings. The minimum Gasteiger partial charge on any atom is -0.451 e. The third-order valence-corrected chi connectivity index (χ3v) is 4.51. The lowest BCUT2D eigenvalue weighted by Crippen LogP contribution is -2.26. The zero-order chi connectivity index (χ0) is 18.8. The summed E-state index contributed by atoms with van der Waals surface area (Å²) in [6.45, 7) is 2.40. The smallest absolute Gasteiger partial charge is 0.287 e. The number of rotatable bonds is 5. The standard InChI is InChI=1S/C21H19N3O3/c1-2-13-7-8-18-14(11-13)17(25)12-19(27-18)21(26)22-10-9-20-23-15-5-3-4-6-16(15)24-20/h3-8,11-12H,2,9-10H2,1H3,(H,22,26)(H,23,24). The van der Waals surface area contributed by atoms with Crippen LogP contribution in [0.3, 0.4) is 0 Å². The SMILES string of the molecule is CCc1ccc2oc(C(=O)NCCc3nc4ccccc4[nH]3)cc(=O)c2c1. The Kier molecular flexibility index (Phi) is 4.46. The molecule has 4 rings (SSSR count). The van der Waals surface area contributed by atoms with Gasteiger partial charge in [0.05, 0.1) is 16.4 Å². The second-order valence-electron chi connectivity index (χ2n) is 6.37. The predicted molar refractivity (Wildman–Crippen MR) is 104 cm³/mol. The Balaban J connectivity index is 1.47. The molecule has 4 aromatic rings. The summed E-state index contributed by atoms with van der Waals surface area (Å²) in [5.41, 5.74) is 3.12. The number of aromatic amines is 1. The highest BCUT2D eigenvalue weighted by atomic mass is 16.3. The van der Waals surface area contributed by atoms with Crippen LogP contribution in [0.15, 0.2) is 57.7 Å². The number of para-hydroxylation sites is 2. The average Bonchev–Trinajstić information content (AvgIpc) is 3.10. The van der Waals surface area contributed by atoms with Crippen molar-refractivity contribution in [2.45, 2.75) is 19.8 Å². The number of hydrogen-bond donors (Lipinski definition) is 2. The molecule has 2 aromatic heterocycles. The lowest BCUT2D eigenvalue weighted by molar-refractivity contribution is 0.0927. The number of nitrogens with one attached hydrogen (secondary N) is 2. The zero-order valence-corrected chi connectivity index (χ0v) is 14.9. The van der Waals surface area contributed by atoms with Crippen molar-refractivity contribution in [2.24, 2.45) is 0 Å². The summed E-state index contributed by atoms with van der Waals surface area (Å²) in [6.07, 6.45) is 1.39. The van der Waals surface area contributed by atoms with Crippen molar-refractivity contribution in [1.29, 1.82) is 0 Å². The van der Waals surface area contributed by atoms with Crippen molar-refractivity contribution in [1.82, 2.24) is 15.3 Å². The Bertz CT molecular complexity index is 1160. The van der Waals surface area contributed by atoms with E-state index in [0.29, 0.717) is 23.9 Å². The maximum atomic E-state index is 12.4. The molecule has 6 nitrogen and oxygen atoms in total.